The fourth-order valence-electron chi connectivity index (χ4n) is 3.82. The van der Waals surface area contributed by atoms with Crippen molar-refractivity contribution in [1.82, 2.24) is 0 Å². The molecule has 4 aromatic rings. The summed E-state index contributed by atoms with van der Waals surface area (Å²) in [5.41, 5.74) is 3.22. The SMILES string of the molecule is C#CC(=O)c1ccc(F)cc1.O=C1CC(c2ccc(OCc3ccccc3)cc2)N1c1ccc(F)cc1. The summed E-state index contributed by atoms with van der Waals surface area (Å²) in [4.78, 5) is 24.5. The number of β-lactam (4-membered cyclic amide) rings is 1. The molecule has 1 aliphatic rings. The van der Waals surface area contributed by atoms with E-state index in [0.29, 0.717) is 18.6 Å². The van der Waals surface area contributed by atoms with Crippen LogP contribution in [0.4, 0.5) is 14.5 Å². The van der Waals surface area contributed by atoms with Crippen molar-refractivity contribution in [1.29, 1.82) is 0 Å². The first kappa shape index (κ1) is 25.3. The van der Waals surface area contributed by atoms with Gasteiger partial charge in [0.15, 0.2) is 0 Å². The first-order valence-corrected chi connectivity index (χ1v) is 11.6. The number of nitrogens with zero attached hydrogens (tertiary/aromatic N) is 1. The molecule has 1 unspecified atom stereocenters. The van der Waals surface area contributed by atoms with E-state index in [4.69, 9.17) is 11.2 Å². The molecule has 1 saturated heterocycles. The summed E-state index contributed by atoms with van der Waals surface area (Å²) in [5, 5.41) is 0. The summed E-state index contributed by atoms with van der Waals surface area (Å²) in [6, 6.07) is 28.9. The third-order valence-corrected chi connectivity index (χ3v) is 5.80. The number of halogens is 2. The molecule has 0 radical (unpaired) electrons. The minimum atomic E-state index is -0.426. The molecule has 37 heavy (non-hydrogen) atoms. The minimum Gasteiger partial charge on any atom is -0.489 e. The number of carbonyl (C=O) groups excluding carboxylic acids is 2. The van der Waals surface area contributed by atoms with Crippen LogP contribution in [0.25, 0.3) is 0 Å². The molecule has 0 bridgehead atoms. The maximum Gasteiger partial charge on any atom is 0.235 e. The Labute approximate surface area is 214 Å². The Morgan fingerprint density at radius 3 is 2.03 bits per heavy atom. The topological polar surface area (TPSA) is 46.6 Å². The number of hydrogen-bond acceptors (Lipinski definition) is 3. The summed E-state index contributed by atoms with van der Waals surface area (Å²) in [7, 11) is 0. The van der Waals surface area contributed by atoms with Crippen LogP contribution >= 0.6 is 0 Å². The predicted octanol–water partition coefficient (Wildman–Crippen LogP) is 6.52. The summed E-state index contributed by atoms with van der Waals surface area (Å²) < 4.78 is 31.2. The number of benzene rings is 4. The number of amides is 1. The summed E-state index contributed by atoms with van der Waals surface area (Å²) in [6.07, 6.45) is 5.31. The number of anilines is 1. The second-order valence-corrected chi connectivity index (χ2v) is 8.28. The Bertz CT molecular complexity index is 1390. The quantitative estimate of drug-likeness (QED) is 0.132. The maximum atomic E-state index is 13.1. The highest BCUT2D eigenvalue weighted by Crippen LogP contribution is 2.39. The first-order chi connectivity index (χ1) is 17.9. The van der Waals surface area contributed by atoms with Crippen LogP contribution in [0.2, 0.25) is 0 Å². The second kappa shape index (κ2) is 11.8. The molecule has 0 aliphatic carbocycles. The molecule has 0 spiro atoms. The van der Waals surface area contributed by atoms with Crippen LogP contribution in [0.3, 0.4) is 0 Å². The van der Waals surface area contributed by atoms with Crippen LogP contribution in [0.1, 0.15) is 33.9 Å². The third kappa shape index (κ3) is 6.47. The van der Waals surface area contributed by atoms with Crippen molar-refractivity contribution in [2.24, 2.45) is 0 Å². The van der Waals surface area contributed by atoms with Gasteiger partial charge in [0.25, 0.3) is 0 Å². The summed E-state index contributed by atoms with van der Waals surface area (Å²) in [5.74, 6) is 1.67. The molecule has 1 atom stereocenters. The van der Waals surface area contributed by atoms with Gasteiger partial charge in [-0.3, -0.25) is 9.59 Å². The molecular formula is C31H23F2NO3. The lowest BCUT2D eigenvalue weighted by Gasteiger charge is -2.40. The molecule has 184 valence electrons. The van der Waals surface area contributed by atoms with E-state index in [1.165, 1.54) is 36.4 Å². The van der Waals surface area contributed by atoms with Crippen molar-refractivity contribution in [3.05, 3.63) is 131 Å². The largest absolute Gasteiger partial charge is 0.489 e. The molecule has 1 heterocycles. The van der Waals surface area contributed by atoms with Gasteiger partial charge in [-0.25, -0.2) is 8.78 Å². The smallest absolute Gasteiger partial charge is 0.235 e. The normalized spacial score (nSPS) is 14.0. The lowest BCUT2D eigenvalue weighted by molar-refractivity contribution is -0.124. The highest BCUT2D eigenvalue weighted by Gasteiger charge is 2.38. The number of carbonyl (C=O) groups is 2. The van der Waals surface area contributed by atoms with Gasteiger partial charge in [-0.1, -0.05) is 42.5 Å². The van der Waals surface area contributed by atoms with Gasteiger partial charge in [0, 0.05) is 11.3 Å². The molecule has 6 heteroatoms. The van der Waals surface area contributed by atoms with E-state index >= 15 is 0 Å². The summed E-state index contributed by atoms with van der Waals surface area (Å²) in [6.45, 7) is 0.518. The van der Waals surface area contributed by atoms with Crippen molar-refractivity contribution in [3.63, 3.8) is 0 Å². The van der Waals surface area contributed by atoms with Crippen LogP contribution in [0, 0.1) is 24.0 Å². The molecule has 0 saturated carbocycles. The van der Waals surface area contributed by atoms with E-state index in [-0.39, 0.29) is 23.6 Å². The van der Waals surface area contributed by atoms with Gasteiger partial charge in [-0.15, -0.1) is 6.42 Å². The lowest BCUT2D eigenvalue weighted by atomic mass is 9.93. The van der Waals surface area contributed by atoms with Gasteiger partial charge in [0.2, 0.25) is 11.7 Å². The van der Waals surface area contributed by atoms with Crippen LogP contribution < -0.4 is 9.64 Å². The highest BCUT2D eigenvalue weighted by molar-refractivity contribution is 6.08. The minimum absolute atomic E-state index is 0.0175. The van der Waals surface area contributed by atoms with E-state index in [9.17, 15) is 18.4 Å². The number of rotatable bonds is 6. The van der Waals surface area contributed by atoms with Crippen molar-refractivity contribution in [2.45, 2.75) is 19.1 Å². The van der Waals surface area contributed by atoms with Crippen molar-refractivity contribution in [2.75, 3.05) is 4.90 Å². The van der Waals surface area contributed by atoms with Crippen LogP contribution in [-0.4, -0.2) is 11.7 Å². The van der Waals surface area contributed by atoms with E-state index in [0.717, 1.165) is 22.6 Å². The summed E-state index contributed by atoms with van der Waals surface area (Å²) >= 11 is 0. The zero-order valence-electron chi connectivity index (χ0n) is 19.8. The van der Waals surface area contributed by atoms with Crippen molar-refractivity contribution >= 4 is 17.4 Å². The van der Waals surface area contributed by atoms with Gasteiger partial charge in [0.1, 0.15) is 24.0 Å². The molecule has 1 amide bonds. The number of Topliss-reactive ketones (excluding diaryl/α,β-unsaturated/α-hetero) is 1. The van der Waals surface area contributed by atoms with E-state index in [1.54, 1.807) is 17.0 Å². The number of ketones is 1. The number of ether oxygens (including phenoxy) is 1. The molecule has 5 rings (SSSR count). The Morgan fingerprint density at radius 1 is 0.865 bits per heavy atom. The van der Waals surface area contributed by atoms with E-state index in [2.05, 4.69) is 0 Å². The third-order valence-electron chi connectivity index (χ3n) is 5.80. The molecule has 0 N–H and O–H groups in total. The Kier molecular flexibility index (Phi) is 8.07. The standard InChI is InChI=1S/C22H18FNO2.C9H5FO/c23-18-8-10-19(11-9-18)24-21(14-22(24)25)17-6-12-20(13-7-17)26-15-16-4-2-1-3-5-16;1-2-9(11)7-3-5-8(10)6-4-7/h1-13,21H,14-15H2;1,3-6H. The van der Waals surface area contributed by atoms with Crippen LogP contribution in [0.15, 0.2) is 103 Å². The van der Waals surface area contributed by atoms with Crippen LogP contribution in [0.5, 0.6) is 5.75 Å². The van der Waals surface area contributed by atoms with Gasteiger partial charge in [-0.2, -0.15) is 0 Å². The van der Waals surface area contributed by atoms with E-state index in [1.807, 2.05) is 60.5 Å². The van der Waals surface area contributed by atoms with Gasteiger partial charge < -0.3 is 9.64 Å². The molecule has 1 aliphatic heterocycles. The second-order valence-electron chi connectivity index (χ2n) is 8.28. The molecule has 1 fully saturated rings. The predicted molar refractivity (Wildman–Crippen MR) is 138 cm³/mol. The first-order valence-electron chi connectivity index (χ1n) is 11.6. The van der Waals surface area contributed by atoms with Gasteiger partial charge >= 0.3 is 0 Å². The Morgan fingerprint density at radius 2 is 1.46 bits per heavy atom. The number of hydrogen-bond donors (Lipinski definition) is 0. The average Bonchev–Trinajstić information content (AvgIpc) is 2.93. The fourth-order valence-corrected chi connectivity index (χ4v) is 3.82. The Balaban J connectivity index is 0.000000245. The zero-order chi connectivity index (χ0) is 26.2. The molecule has 0 aromatic heterocycles. The lowest BCUT2D eigenvalue weighted by Crippen LogP contribution is -2.46. The van der Waals surface area contributed by atoms with Crippen LogP contribution in [-0.2, 0) is 11.4 Å². The van der Waals surface area contributed by atoms with Gasteiger partial charge in [0.05, 0.1) is 12.5 Å². The van der Waals surface area contributed by atoms with Gasteiger partial charge in [-0.05, 0) is 77.7 Å². The van der Waals surface area contributed by atoms with Crippen molar-refractivity contribution in [3.8, 4) is 18.1 Å². The molecule has 4 nitrogen and oxygen atoms in total. The molecular weight excluding hydrogens is 472 g/mol. The monoisotopic (exact) mass is 495 g/mol. The Hall–Kier alpha value is -4.76. The van der Waals surface area contributed by atoms with Crippen molar-refractivity contribution < 1.29 is 23.1 Å². The highest BCUT2D eigenvalue weighted by atomic mass is 19.1. The molecule has 4 aromatic carbocycles. The zero-order valence-corrected chi connectivity index (χ0v) is 19.8. The number of terminal acetylenes is 1. The average molecular weight is 496 g/mol. The maximum absolute atomic E-state index is 13.1. The van der Waals surface area contributed by atoms with E-state index < -0.39 is 5.78 Å². The fraction of sp³-hybridized carbons (Fsp3) is 0.0968.